The number of nitrogens with zero attached hydrogens (tertiary/aromatic N) is 1. The molecule has 0 saturated carbocycles. The Labute approximate surface area is 142 Å². The number of carbonyl (C=O) groups excluding carboxylic acids is 2. The summed E-state index contributed by atoms with van der Waals surface area (Å²) in [6, 6.07) is 8.58. The van der Waals surface area contributed by atoms with E-state index in [-0.39, 0.29) is 0 Å². The van der Waals surface area contributed by atoms with E-state index in [1.165, 1.54) is 7.11 Å². The molecule has 2 atom stereocenters. The van der Waals surface area contributed by atoms with Crippen LogP contribution >= 0.6 is 0 Å². The molecule has 0 aliphatic rings. The molecule has 0 aliphatic carbocycles. The van der Waals surface area contributed by atoms with Crippen molar-refractivity contribution in [2.24, 2.45) is 5.92 Å². The highest BCUT2D eigenvalue weighted by Crippen LogP contribution is 2.17. The van der Waals surface area contributed by atoms with Crippen LogP contribution in [0.3, 0.4) is 0 Å². The fraction of sp³-hybridized carbons (Fsp3) is 0.500. The van der Waals surface area contributed by atoms with Crippen molar-refractivity contribution < 1.29 is 19.1 Å². The first-order valence-corrected chi connectivity index (χ1v) is 7.72. The second-order valence-corrected chi connectivity index (χ2v) is 6.58. The fourth-order valence-corrected chi connectivity index (χ4v) is 2.23. The molecule has 130 valence electrons. The molecule has 2 unspecified atom stereocenters. The zero-order valence-electron chi connectivity index (χ0n) is 14.8. The van der Waals surface area contributed by atoms with Crippen LogP contribution in [0.1, 0.15) is 38.8 Å². The maximum absolute atomic E-state index is 12.1. The molecule has 6 heteroatoms. The van der Waals surface area contributed by atoms with Crippen LogP contribution in [-0.2, 0) is 20.7 Å². The van der Waals surface area contributed by atoms with Crippen molar-refractivity contribution in [3.05, 3.63) is 35.4 Å². The molecule has 1 aromatic carbocycles. The molecule has 0 aromatic heterocycles. The number of carbonyl (C=O) groups is 2. The van der Waals surface area contributed by atoms with Crippen molar-refractivity contribution in [2.75, 3.05) is 7.11 Å². The molecule has 1 aromatic rings. The van der Waals surface area contributed by atoms with Crippen LogP contribution in [0, 0.1) is 17.2 Å². The summed E-state index contributed by atoms with van der Waals surface area (Å²) in [5.41, 5.74) is 0.720. The first-order chi connectivity index (χ1) is 11.2. The standard InChI is InChI=1S/C18H24N2O4/c1-12(20-17(22)24-18(2,3)4)15(16(21)23-5)10-13-7-6-8-14(9-13)11-19/h6-9,12,15H,10H2,1-5H3,(H,20,22). The summed E-state index contributed by atoms with van der Waals surface area (Å²) in [6.07, 6.45) is -0.242. The van der Waals surface area contributed by atoms with Crippen molar-refractivity contribution in [2.45, 2.75) is 45.8 Å². The van der Waals surface area contributed by atoms with Gasteiger partial charge in [0.25, 0.3) is 0 Å². The minimum absolute atomic E-state index is 0.346. The maximum atomic E-state index is 12.1. The predicted octanol–water partition coefficient (Wildman–Crippen LogP) is 2.80. The highest BCUT2D eigenvalue weighted by molar-refractivity contribution is 5.75. The van der Waals surface area contributed by atoms with Gasteiger partial charge in [0, 0.05) is 6.04 Å². The normalized spacial score (nSPS) is 13.3. The molecular weight excluding hydrogens is 308 g/mol. The molecule has 0 radical (unpaired) electrons. The molecule has 0 bridgehead atoms. The van der Waals surface area contributed by atoms with Gasteiger partial charge in [0.1, 0.15) is 5.60 Å². The molecule has 0 heterocycles. The lowest BCUT2D eigenvalue weighted by molar-refractivity contribution is -0.146. The number of benzene rings is 1. The van der Waals surface area contributed by atoms with E-state index in [0.717, 1.165) is 5.56 Å². The summed E-state index contributed by atoms with van der Waals surface area (Å²) >= 11 is 0. The average molecular weight is 332 g/mol. The smallest absolute Gasteiger partial charge is 0.407 e. The zero-order valence-corrected chi connectivity index (χ0v) is 14.8. The number of hydrogen-bond donors (Lipinski definition) is 1. The van der Waals surface area contributed by atoms with Crippen LogP contribution < -0.4 is 5.32 Å². The number of nitrogens with one attached hydrogen (secondary N) is 1. The SMILES string of the molecule is COC(=O)C(Cc1cccc(C#N)c1)C(C)NC(=O)OC(C)(C)C. The van der Waals surface area contributed by atoms with Crippen LogP contribution in [0.2, 0.25) is 0 Å². The maximum Gasteiger partial charge on any atom is 0.407 e. The van der Waals surface area contributed by atoms with Crippen LogP contribution in [0.25, 0.3) is 0 Å². The molecule has 0 spiro atoms. The number of alkyl carbamates (subject to hydrolysis) is 1. The topological polar surface area (TPSA) is 88.4 Å². The third kappa shape index (κ3) is 6.29. The molecule has 1 amide bonds. The number of hydrogen-bond acceptors (Lipinski definition) is 5. The minimum Gasteiger partial charge on any atom is -0.469 e. The summed E-state index contributed by atoms with van der Waals surface area (Å²) in [6.45, 7) is 7.02. The predicted molar refractivity (Wildman–Crippen MR) is 89.2 cm³/mol. The van der Waals surface area contributed by atoms with Gasteiger partial charge in [-0.05, 0) is 51.8 Å². The van der Waals surface area contributed by atoms with Gasteiger partial charge in [-0.2, -0.15) is 5.26 Å². The van der Waals surface area contributed by atoms with Crippen molar-refractivity contribution in [1.82, 2.24) is 5.32 Å². The highest BCUT2D eigenvalue weighted by Gasteiger charge is 2.29. The van der Waals surface area contributed by atoms with Crippen molar-refractivity contribution in [3.63, 3.8) is 0 Å². The molecule has 1 rings (SSSR count). The Kier molecular flexibility index (Phi) is 6.78. The largest absolute Gasteiger partial charge is 0.469 e. The van der Waals surface area contributed by atoms with Gasteiger partial charge in [0.05, 0.1) is 24.7 Å². The Balaban J connectivity index is 2.86. The van der Waals surface area contributed by atoms with E-state index in [1.807, 2.05) is 6.07 Å². The first kappa shape index (κ1) is 19.5. The van der Waals surface area contributed by atoms with Crippen LogP contribution in [0.5, 0.6) is 0 Å². The number of esters is 1. The fourth-order valence-electron chi connectivity index (χ4n) is 2.23. The van der Waals surface area contributed by atoms with E-state index in [4.69, 9.17) is 14.7 Å². The molecule has 6 nitrogen and oxygen atoms in total. The lowest BCUT2D eigenvalue weighted by Crippen LogP contribution is -2.44. The highest BCUT2D eigenvalue weighted by atomic mass is 16.6. The quantitative estimate of drug-likeness (QED) is 0.838. The zero-order chi connectivity index (χ0) is 18.3. The number of methoxy groups -OCH3 is 1. The number of nitriles is 1. The summed E-state index contributed by atoms with van der Waals surface area (Å²) < 4.78 is 10.1. The molecule has 0 aliphatic heterocycles. The van der Waals surface area contributed by atoms with E-state index >= 15 is 0 Å². The first-order valence-electron chi connectivity index (χ1n) is 7.72. The Morgan fingerprint density at radius 3 is 2.54 bits per heavy atom. The Bertz CT molecular complexity index is 629. The second kappa shape index (κ2) is 8.34. The minimum atomic E-state index is -0.619. The van der Waals surface area contributed by atoms with E-state index in [9.17, 15) is 9.59 Å². The van der Waals surface area contributed by atoms with Crippen molar-refractivity contribution in [1.29, 1.82) is 5.26 Å². The van der Waals surface area contributed by atoms with E-state index in [1.54, 1.807) is 45.9 Å². The summed E-state index contributed by atoms with van der Waals surface area (Å²) in [5.74, 6) is -1.02. The summed E-state index contributed by atoms with van der Waals surface area (Å²) in [7, 11) is 1.31. The molecule has 24 heavy (non-hydrogen) atoms. The number of amides is 1. The molecule has 0 saturated heterocycles. The second-order valence-electron chi connectivity index (χ2n) is 6.58. The van der Waals surface area contributed by atoms with Crippen LogP contribution in [0.15, 0.2) is 24.3 Å². The van der Waals surface area contributed by atoms with E-state index in [2.05, 4.69) is 11.4 Å². The van der Waals surface area contributed by atoms with Gasteiger partial charge in [0.15, 0.2) is 0 Å². The lowest BCUT2D eigenvalue weighted by atomic mass is 9.92. The summed E-state index contributed by atoms with van der Waals surface area (Å²) in [4.78, 5) is 24.0. The lowest BCUT2D eigenvalue weighted by Gasteiger charge is -2.25. The average Bonchev–Trinajstić information content (AvgIpc) is 2.50. The monoisotopic (exact) mass is 332 g/mol. The number of ether oxygens (including phenoxy) is 2. The van der Waals surface area contributed by atoms with Crippen molar-refractivity contribution in [3.8, 4) is 6.07 Å². The molecular formula is C18H24N2O4. The Morgan fingerprint density at radius 1 is 1.33 bits per heavy atom. The third-order valence-corrected chi connectivity index (χ3v) is 3.36. The van der Waals surface area contributed by atoms with Crippen LogP contribution in [-0.4, -0.2) is 30.8 Å². The Morgan fingerprint density at radius 2 is 2.00 bits per heavy atom. The van der Waals surface area contributed by atoms with Gasteiger partial charge in [0.2, 0.25) is 0 Å². The van der Waals surface area contributed by atoms with Gasteiger partial charge in [-0.25, -0.2) is 4.79 Å². The van der Waals surface area contributed by atoms with Crippen molar-refractivity contribution >= 4 is 12.1 Å². The van der Waals surface area contributed by atoms with Gasteiger partial charge >= 0.3 is 12.1 Å². The van der Waals surface area contributed by atoms with E-state index < -0.39 is 29.6 Å². The molecule has 0 fully saturated rings. The van der Waals surface area contributed by atoms with Gasteiger partial charge in [-0.1, -0.05) is 12.1 Å². The van der Waals surface area contributed by atoms with Gasteiger partial charge in [-0.3, -0.25) is 4.79 Å². The summed E-state index contributed by atoms with van der Waals surface area (Å²) in [5, 5.41) is 11.6. The molecule has 1 N–H and O–H groups in total. The van der Waals surface area contributed by atoms with Crippen LogP contribution in [0.4, 0.5) is 4.79 Å². The third-order valence-electron chi connectivity index (χ3n) is 3.36. The van der Waals surface area contributed by atoms with E-state index in [0.29, 0.717) is 12.0 Å². The number of rotatable bonds is 5. The Hall–Kier alpha value is -2.55. The van der Waals surface area contributed by atoms with Gasteiger partial charge in [-0.15, -0.1) is 0 Å². The van der Waals surface area contributed by atoms with Gasteiger partial charge < -0.3 is 14.8 Å².